The average Bonchev–Trinajstić information content (AvgIpc) is 4.12. The van der Waals surface area contributed by atoms with Crippen LogP contribution < -0.4 is 29.0 Å². The van der Waals surface area contributed by atoms with Gasteiger partial charge in [0.05, 0.1) is 33.3 Å². The van der Waals surface area contributed by atoms with E-state index in [1.54, 1.807) is 76.2 Å². The zero-order chi connectivity index (χ0) is 56.9. The molecule has 0 radical (unpaired) electrons. The molecule has 2 aliphatic heterocycles. The molecule has 2 aliphatic rings. The van der Waals surface area contributed by atoms with Gasteiger partial charge in [0.1, 0.15) is 29.1 Å². The van der Waals surface area contributed by atoms with Crippen LogP contribution in [0.25, 0.3) is 0 Å². The summed E-state index contributed by atoms with van der Waals surface area (Å²) >= 11 is 45.9. The van der Waals surface area contributed by atoms with Crippen LogP contribution in [0.1, 0.15) is 59.9 Å². The first-order valence-electron chi connectivity index (χ1n) is 22.9. The maximum atomic E-state index is 12.2. The zero-order valence-electron chi connectivity index (χ0n) is 41.9. The van der Waals surface area contributed by atoms with Crippen LogP contribution in [-0.2, 0) is 39.9 Å². The Morgan fingerprint density at radius 1 is 0.566 bits per heavy atom. The number of aliphatic carboxylic acids is 1. The van der Waals surface area contributed by atoms with E-state index in [0.29, 0.717) is 83.7 Å². The minimum absolute atomic E-state index is 0.0565. The number of phenols is 1. The Balaban J connectivity index is 0.000000334. The van der Waals surface area contributed by atoms with Gasteiger partial charge in [-0.2, -0.15) is 0 Å². The van der Waals surface area contributed by atoms with E-state index in [2.05, 4.69) is 10.1 Å². The van der Waals surface area contributed by atoms with E-state index in [9.17, 15) is 19.2 Å². The molecule has 0 aliphatic carbocycles. The lowest BCUT2D eigenvalue weighted by atomic mass is 10.2. The van der Waals surface area contributed by atoms with Crippen molar-refractivity contribution in [2.75, 3.05) is 33.2 Å². The molecule has 0 unspecified atom stereocenters. The quantitative estimate of drug-likeness (QED) is 0.0761. The molecule has 1 saturated heterocycles. The molecule has 1 fully saturated rings. The topological polar surface area (TPSA) is 215 Å². The van der Waals surface area contributed by atoms with E-state index < -0.39 is 42.3 Å². The van der Waals surface area contributed by atoms with Crippen LogP contribution in [0.4, 0.5) is 0 Å². The summed E-state index contributed by atoms with van der Waals surface area (Å²) in [5, 5.41) is 32.1. The van der Waals surface area contributed by atoms with Crippen molar-refractivity contribution in [2.45, 2.75) is 85.3 Å². The molecule has 76 heavy (non-hydrogen) atoms. The number of hydrogen-bond acceptors (Lipinski definition) is 14. The summed E-state index contributed by atoms with van der Waals surface area (Å²) in [7, 11) is 0. The van der Waals surface area contributed by atoms with Crippen LogP contribution in [0, 0.1) is 0 Å². The van der Waals surface area contributed by atoms with Crippen LogP contribution in [0.5, 0.6) is 34.5 Å². The number of esters is 2. The molecule has 5 aromatic carbocycles. The predicted molar refractivity (Wildman–Crippen MR) is 295 cm³/mol. The van der Waals surface area contributed by atoms with Crippen LogP contribution in [-0.4, -0.2) is 96.8 Å². The van der Waals surface area contributed by atoms with Gasteiger partial charge in [-0.25, -0.2) is 14.4 Å². The second kappa shape index (κ2) is 36.2. The molecule has 4 atom stereocenters. The molecular formula is C52H57Cl8NO15. The monoisotopic (exact) mass is 1220 g/mol. The largest absolute Gasteiger partial charge is 0.506 e. The summed E-state index contributed by atoms with van der Waals surface area (Å²) in [4.78, 5) is 44.2. The maximum absolute atomic E-state index is 12.2. The number of aliphatic hydroxyl groups is 1. The van der Waals surface area contributed by atoms with Crippen LogP contribution in [0.15, 0.2) is 91.0 Å². The molecule has 1 amide bonds. The molecule has 5 aromatic rings. The molecule has 4 N–H and O–H groups in total. The number of phenolic OH excluding ortho intramolecular Hbond substituents is 1. The summed E-state index contributed by atoms with van der Waals surface area (Å²) in [5.74, 6) is 0.291. The number of hydrogen-bond donors (Lipinski definition) is 4. The molecule has 0 spiro atoms. The Morgan fingerprint density at radius 3 is 1.39 bits per heavy atom. The van der Waals surface area contributed by atoms with Gasteiger partial charge in [-0.3, -0.25) is 4.79 Å². The third kappa shape index (κ3) is 26.4. The van der Waals surface area contributed by atoms with Crippen molar-refractivity contribution >= 4 is 117 Å². The van der Waals surface area contributed by atoms with Crippen molar-refractivity contribution in [2.24, 2.45) is 0 Å². The van der Waals surface area contributed by atoms with E-state index in [0.717, 1.165) is 18.8 Å². The normalized spacial score (nSPS) is 13.1. The number of halogens is 8. The Labute approximate surface area is 481 Å². The summed E-state index contributed by atoms with van der Waals surface area (Å²) < 4.78 is 40.7. The summed E-state index contributed by atoms with van der Waals surface area (Å²) in [6, 6.07) is 24.3. The van der Waals surface area contributed by atoms with Gasteiger partial charge in [0.25, 0.3) is 5.91 Å². The standard InChI is InChI=1S/C17H15Cl2NO4.C11H12Cl2O3.C9H8Cl2O3.C6H4Cl2O.C5H10O3.C4H8O/c1-10(24-14-5-3-12(18)7-13(14)19)17(21)20-8-11-2-4-15-16(6-11)23-9-22-15;1-3-15-11(14)7(2)16-10-5-4-8(12)6-9(10)13;1-5(9(12)13)14-8-3-2-6(10)4-7(8)11;7-4-1-2-6(9)5(8)3-4;1-3-8-5(7)4(2)6;1-2-4-5-3-1/h2-7,10H,8-9H2,1H3,(H,20,21);4-7H,3H2,1-2H3;2-5H,1H3,(H,12,13);1-3,9H;4,6H,3H2,1-2H3;1-4H2/t10-;7-;5-;;4-;/m111.0./s1. The van der Waals surface area contributed by atoms with Gasteiger partial charge < -0.3 is 58.5 Å². The van der Waals surface area contributed by atoms with Gasteiger partial charge >= 0.3 is 17.9 Å². The number of carbonyl (C=O) groups is 4. The molecule has 16 nitrogen and oxygen atoms in total. The molecular weight excluding hydrogens is 1160 g/mol. The fraction of sp³-hybridized carbons (Fsp3) is 0.346. The highest BCUT2D eigenvalue weighted by atomic mass is 35.5. The maximum Gasteiger partial charge on any atom is 0.347 e. The van der Waals surface area contributed by atoms with Crippen molar-refractivity contribution in [3.05, 3.63) is 137 Å². The number of amides is 1. The molecule has 0 aromatic heterocycles. The Kier molecular flexibility index (Phi) is 32.0. The van der Waals surface area contributed by atoms with Crippen molar-refractivity contribution in [1.29, 1.82) is 0 Å². The molecule has 7 rings (SSSR count). The Hall–Kier alpha value is -4.98. The summed E-state index contributed by atoms with van der Waals surface area (Å²) in [6.07, 6.45) is -0.764. The summed E-state index contributed by atoms with van der Waals surface area (Å²) in [5.41, 5.74) is 0.907. The highest BCUT2D eigenvalue weighted by molar-refractivity contribution is 6.37. The predicted octanol–water partition coefficient (Wildman–Crippen LogP) is 13.4. The van der Waals surface area contributed by atoms with Gasteiger partial charge in [-0.15, -0.1) is 0 Å². The molecule has 0 saturated carbocycles. The van der Waals surface area contributed by atoms with E-state index in [-0.39, 0.29) is 23.5 Å². The van der Waals surface area contributed by atoms with Gasteiger partial charge in [-0.1, -0.05) is 98.9 Å². The number of carboxylic acid groups (broad SMARTS) is 1. The summed E-state index contributed by atoms with van der Waals surface area (Å²) in [6.45, 7) is 12.7. The molecule has 2 heterocycles. The number of fused-ring (bicyclic) bond motifs is 1. The van der Waals surface area contributed by atoms with E-state index in [1.807, 2.05) is 18.2 Å². The zero-order valence-corrected chi connectivity index (χ0v) is 47.9. The van der Waals surface area contributed by atoms with E-state index >= 15 is 0 Å². The second-order valence-corrected chi connectivity index (χ2v) is 18.7. The third-order valence-corrected chi connectivity index (χ3v) is 11.3. The van der Waals surface area contributed by atoms with Crippen LogP contribution in [0.3, 0.4) is 0 Å². The van der Waals surface area contributed by atoms with Gasteiger partial charge in [-0.05, 0) is 145 Å². The van der Waals surface area contributed by atoms with Crippen molar-refractivity contribution in [1.82, 2.24) is 5.32 Å². The van der Waals surface area contributed by atoms with Gasteiger partial charge in [0, 0.05) is 39.8 Å². The molecule has 24 heteroatoms. The first-order chi connectivity index (χ1) is 35.9. The minimum atomic E-state index is -1.05. The van der Waals surface area contributed by atoms with Crippen LogP contribution in [0.2, 0.25) is 40.2 Å². The fourth-order valence-corrected chi connectivity index (χ4v) is 7.10. The van der Waals surface area contributed by atoms with E-state index in [4.69, 9.17) is 141 Å². The lowest BCUT2D eigenvalue weighted by Gasteiger charge is -2.16. The van der Waals surface area contributed by atoms with Crippen molar-refractivity contribution < 1.29 is 72.4 Å². The number of nitrogens with one attached hydrogen (secondary N) is 1. The fourth-order valence-electron chi connectivity index (χ4n) is 5.33. The number of benzene rings is 5. The number of aromatic hydroxyl groups is 1. The SMILES string of the molecule is C1CCOC1.CCOC(=O)[C@@H](C)Oc1ccc(Cl)cc1Cl.CCOC(=O)[C@H](C)O.C[C@@H](Oc1ccc(Cl)cc1Cl)C(=O)NCc1ccc2c(c1)OCO2.C[C@@H](Oc1ccc(Cl)cc1Cl)C(=O)O.Oc1ccc(Cl)cc1Cl. The lowest BCUT2D eigenvalue weighted by molar-refractivity contribution is -0.152. The van der Waals surface area contributed by atoms with Crippen molar-refractivity contribution in [3.63, 3.8) is 0 Å². The van der Waals surface area contributed by atoms with Crippen LogP contribution >= 0.6 is 92.8 Å². The lowest BCUT2D eigenvalue weighted by Crippen LogP contribution is -2.35. The average molecular weight is 1220 g/mol. The first kappa shape index (κ1) is 67.1. The highest BCUT2D eigenvalue weighted by Gasteiger charge is 2.19. The number of aliphatic hydroxyl groups excluding tert-OH is 1. The number of ether oxygens (including phenoxy) is 8. The first-order valence-corrected chi connectivity index (χ1v) is 26.0. The third-order valence-electron chi connectivity index (χ3n) is 9.20. The van der Waals surface area contributed by atoms with E-state index in [1.165, 1.54) is 51.0 Å². The smallest absolute Gasteiger partial charge is 0.347 e. The number of carboxylic acids is 1. The minimum Gasteiger partial charge on any atom is -0.506 e. The highest BCUT2D eigenvalue weighted by Crippen LogP contribution is 2.33. The Bertz CT molecular complexity index is 2620. The van der Waals surface area contributed by atoms with Crippen molar-refractivity contribution in [3.8, 4) is 34.5 Å². The molecule has 0 bridgehead atoms. The van der Waals surface area contributed by atoms with Gasteiger partial charge in [0.2, 0.25) is 6.79 Å². The second-order valence-electron chi connectivity index (χ2n) is 15.3. The van der Waals surface area contributed by atoms with Gasteiger partial charge in [0.15, 0.2) is 29.8 Å². The number of rotatable bonds is 14. The number of carbonyl (C=O) groups excluding carboxylic acids is 3. The molecule has 416 valence electrons. The Morgan fingerprint density at radius 2 is 1.00 bits per heavy atom.